The van der Waals surface area contributed by atoms with Gasteiger partial charge in [-0.3, -0.25) is 10.2 Å². The van der Waals surface area contributed by atoms with Crippen LogP contribution in [0.25, 0.3) is 0 Å². The Labute approximate surface area is 151 Å². The van der Waals surface area contributed by atoms with E-state index in [2.05, 4.69) is 48.5 Å². The summed E-state index contributed by atoms with van der Waals surface area (Å²) in [7, 11) is 0. The molecule has 0 radical (unpaired) electrons. The summed E-state index contributed by atoms with van der Waals surface area (Å²) in [5, 5.41) is 2.11. The number of hydrogen-bond donors (Lipinski definition) is 1. The first-order valence-corrected chi connectivity index (χ1v) is 9.37. The van der Waals surface area contributed by atoms with Crippen LogP contribution >= 0.6 is 0 Å². The molecule has 0 aromatic heterocycles. The molecule has 0 spiro atoms. The number of benzene rings is 2. The summed E-state index contributed by atoms with van der Waals surface area (Å²) in [5.74, 6) is 0.0838. The van der Waals surface area contributed by atoms with Gasteiger partial charge in [0.25, 0.3) is 0 Å². The minimum atomic E-state index is -0.653. The molecule has 1 amide bonds. The van der Waals surface area contributed by atoms with Gasteiger partial charge in [-0.05, 0) is 37.3 Å². The van der Waals surface area contributed by atoms with Crippen molar-refractivity contribution in [1.82, 2.24) is 10.4 Å². The van der Waals surface area contributed by atoms with Crippen LogP contribution in [0.3, 0.4) is 0 Å². The van der Waals surface area contributed by atoms with E-state index in [1.54, 1.807) is 0 Å². The van der Waals surface area contributed by atoms with E-state index in [9.17, 15) is 4.79 Å². The second kappa shape index (κ2) is 7.83. The van der Waals surface area contributed by atoms with E-state index < -0.39 is 5.41 Å². The maximum atomic E-state index is 13.6. The number of carbonyl (C=O) groups is 1. The van der Waals surface area contributed by atoms with Gasteiger partial charge in [0.2, 0.25) is 5.91 Å². The van der Waals surface area contributed by atoms with Crippen molar-refractivity contribution in [2.75, 3.05) is 6.54 Å². The molecular formula is C22H28N2O. The van der Waals surface area contributed by atoms with Crippen LogP contribution in [0.1, 0.15) is 50.7 Å². The Balaban J connectivity index is 2.05. The summed E-state index contributed by atoms with van der Waals surface area (Å²) >= 11 is 0. The maximum Gasteiger partial charge on any atom is 0.249 e. The van der Waals surface area contributed by atoms with Gasteiger partial charge in [0, 0.05) is 12.6 Å². The van der Waals surface area contributed by atoms with E-state index >= 15 is 0 Å². The number of hydrazine groups is 1. The summed E-state index contributed by atoms with van der Waals surface area (Å²) in [6.07, 6.45) is 4.00. The van der Waals surface area contributed by atoms with Gasteiger partial charge in [0.1, 0.15) is 5.41 Å². The lowest BCUT2D eigenvalue weighted by molar-refractivity contribution is -0.131. The van der Waals surface area contributed by atoms with Gasteiger partial charge in [0.05, 0.1) is 0 Å². The zero-order valence-electron chi connectivity index (χ0n) is 15.2. The fraction of sp³-hybridized carbons (Fsp3) is 0.409. The smallest absolute Gasteiger partial charge is 0.249 e. The summed E-state index contributed by atoms with van der Waals surface area (Å²) in [6, 6.07) is 20.8. The van der Waals surface area contributed by atoms with E-state index in [1.165, 1.54) is 0 Å². The third-order valence-corrected chi connectivity index (χ3v) is 5.34. The molecule has 0 saturated carbocycles. The molecule has 2 aromatic rings. The Morgan fingerprint density at radius 3 is 2.08 bits per heavy atom. The van der Waals surface area contributed by atoms with Crippen LogP contribution in [0.15, 0.2) is 60.7 Å². The second-order valence-electron chi connectivity index (χ2n) is 7.01. The molecule has 1 heterocycles. The average molecular weight is 336 g/mol. The number of nitrogens with zero attached hydrogens (tertiary/aromatic N) is 1. The standard InChI is InChI=1S/C22H28N2O/c1-3-16-22(19-12-6-4-7-13-19,20-14-8-5-9-15-20)21(25)23-24-17-10-11-18(24)2/h4-9,12-15,18H,3,10-11,16-17H2,1-2H3,(H,23,25). The predicted molar refractivity (Wildman–Crippen MR) is 102 cm³/mol. The van der Waals surface area contributed by atoms with Gasteiger partial charge >= 0.3 is 0 Å². The second-order valence-corrected chi connectivity index (χ2v) is 7.01. The van der Waals surface area contributed by atoms with Crippen molar-refractivity contribution in [3.05, 3.63) is 71.8 Å². The topological polar surface area (TPSA) is 32.3 Å². The fourth-order valence-electron chi connectivity index (χ4n) is 3.98. The third-order valence-electron chi connectivity index (χ3n) is 5.34. The van der Waals surface area contributed by atoms with Crippen LogP contribution in [0, 0.1) is 0 Å². The Morgan fingerprint density at radius 2 is 1.64 bits per heavy atom. The number of amides is 1. The summed E-state index contributed by atoms with van der Waals surface area (Å²) < 4.78 is 0. The van der Waals surface area contributed by atoms with Gasteiger partial charge in [-0.2, -0.15) is 0 Å². The number of nitrogens with one attached hydrogen (secondary N) is 1. The molecule has 132 valence electrons. The fourth-order valence-corrected chi connectivity index (χ4v) is 3.98. The van der Waals surface area contributed by atoms with Crippen LogP contribution in [-0.4, -0.2) is 23.5 Å². The summed E-state index contributed by atoms with van der Waals surface area (Å²) in [5.41, 5.74) is 4.72. The van der Waals surface area contributed by atoms with Crippen LogP contribution in [0.5, 0.6) is 0 Å². The molecule has 1 atom stereocenters. The molecular weight excluding hydrogens is 308 g/mol. The first-order chi connectivity index (χ1) is 12.2. The average Bonchev–Trinajstić information content (AvgIpc) is 3.06. The molecule has 3 rings (SSSR count). The zero-order chi connectivity index (χ0) is 17.7. The van der Waals surface area contributed by atoms with Crippen molar-refractivity contribution in [1.29, 1.82) is 0 Å². The minimum Gasteiger partial charge on any atom is -0.288 e. The van der Waals surface area contributed by atoms with Crippen LogP contribution in [-0.2, 0) is 10.2 Å². The Bertz CT molecular complexity index is 644. The molecule has 1 saturated heterocycles. The first-order valence-electron chi connectivity index (χ1n) is 9.37. The van der Waals surface area contributed by atoms with Crippen molar-refractivity contribution >= 4 is 5.91 Å². The number of hydrogen-bond acceptors (Lipinski definition) is 2. The largest absolute Gasteiger partial charge is 0.288 e. The zero-order valence-corrected chi connectivity index (χ0v) is 15.2. The monoisotopic (exact) mass is 336 g/mol. The lowest BCUT2D eigenvalue weighted by Crippen LogP contribution is -2.53. The Kier molecular flexibility index (Phi) is 5.54. The third kappa shape index (κ3) is 3.47. The van der Waals surface area contributed by atoms with E-state index in [0.29, 0.717) is 6.04 Å². The highest BCUT2D eigenvalue weighted by Crippen LogP contribution is 2.37. The molecule has 3 nitrogen and oxygen atoms in total. The molecule has 1 aliphatic heterocycles. The molecule has 3 heteroatoms. The predicted octanol–water partition coefficient (Wildman–Crippen LogP) is 4.29. The van der Waals surface area contributed by atoms with Crippen molar-refractivity contribution in [3.8, 4) is 0 Å². The van der Waals surface area contributed by atoms with Gasteiger partial charge in [-0.25, -0.2) is 5.01 Å². The molecule has 0 bridgehead atoms. The van der Waals surface area contributed by atoms with Crippen LogP contribution in [0.4, 0.5) is 0 Å². The number of rotatable bonds is 6. The van der Waals surface area contributed by atoms with Crippen LogP contribution < -0.4 is 5.43 Å². The molecule has 25 heavy (non-hydrogen) atoms. The van der Waals surface area contributed by atoms with Crippen molar-refractivity contribution in [3.63, 3.8) is 0 Å². The Hall–Kier alpha value is -2.13. The molecule has 1 unspecified atom stereocenters. The van der Waals surface area contributed by atoms with Gasteiger partial charge < -0.3 is 0 Å². The SMILES string of the molecule is CCCC(C(=O)NN1CCCC1C)(c1ccccc1)c1ccccc1. The lowest BCUT2D eigenvalue weighted by Gasteiger charge is -2.36. The van der Waals surface area contributed by atoms with E-state index in [-0.39, 0.29) is 5.91 Å². The Morgan fingerprint density at radius 1 is 1.08 bits per heavy atom. The highest BCUT2D eigenvalue weighted by Gasteiger charge is 2.42. The molecule has 1 fully saturated rings. The molecule has 2 aromatic carbocycles. The highest BCUT2D eigenvalue weighted by molar-refractivity contribution is 5.91. The van der Waals surface area contributed by atoms with E-state index in [0.717, 1.165) is 43.4 Å². The minimum absolute atomic E-state index is 0.0838. The maximum absolute atomic E-state index is 13.6. The normalized spacial score (nSPS) is 18.2. The lowest BCUT2D eigenvalue weighted by atomic mass is 9.70. The van der Waals surface area contributed by atoms with Crippen LogP contribution in [0.2, 0.25) is 0 Å². The van der Waals surface area contributed by atoms with Crippen molar-refractivity contribution < 1.29 is 4.79 Å². The van der Waals surface area contributed by atoms with Crippen molar-refractivity contribution in [2.24, 2.45) is 0 Å². The summed E-state index contributed by atoms with van der Waals surface area (Å²) in [6.45, 7) is 5.25. The highest BCUT2D eigenvalue weighted by atomic mass is 16.2. The quantitative estimate of drug-likeness (QED) is 0.853. The summed E-state index contributed by atoms with van der Waals surface area (Å²) in [4.78, 5) is 13.6. The number of carbonyl (C=O) groups excluding carboxylic acids is 1. The molecule has 0 aliphatic carbocycles. The molecule has 1 aliphatic rings. The van der Waals surface area contributed by atoms with Gasteiger partial charge in [0.15, 0.2) is 0 Å². The van der Waals surface area contributed by atoms with E-state index in [4.69, 9.17) is 0 Å². The van der Waals surface area contributed by atoms with Gasteiger partial charge in [-0.15, -0.1) is 0 Å². The van der Waals surface area contributed by atoms with Crippen molar-refractivity contribution in [2.45, 2.75) is 51.0 Å². The van der Waals surface area contributed by atoms with Gasteiger partial charge in [-0.1, -0.05) is 74.0 Å². The molecule has 1 N–H and O–H groups in total. The van der Waals surface area contributed by atoms with E-state index in [1.807, 2.05) is 36.4 Å². The first kappa shape index (κ1) is 17.7.